The molecule has 94 valence electrons. The summed E-state index contributed by atoms with van der Waals surface area (Å²) >= 11 is 0. The third-order valence-corrected chi connectivity index (χ3v) is 2.93. The molecule has 1 saturated heterocycles. The molecule has 2 rings (SSSR count). The Balaban J connectivity index is 2.33. The number of pyridine rings is 1. The minimum absolute atomic E-state index is 0.00726. The summed E-state index contributed by atoms with van der Waals surface area (Å²) in [5, 5.41) is 16.7. The van der Waals surface area contributed by atoms with Gasteiger partial charge in [0.25, 0.3) is 0 Å². The highest BCUT2D eigenvalue weighted by Gasteiger charge is 2.23. The molecule has 0 atom stereocenters. The lowest BCUT2D eigenvalue weighted by Crippen LogP contribution is -2.23. The standard InChI is InChI=1S/C12H19N3O2/c1-3-17-7-9-6-15-8(2)11(16)10(9)12-13-4-5-14-12/h6,12-14,16H,3-5,7H2,1-2H3. The fourth-order valence-electron chi connectivity index (χ4n) is 2.01. The van der Waals surface area contributed by atoms with Crippen LogP contribution in [0.3, 0.4) is 0 Å². The zero-order valence-electron chi connectivity index (χ0n) is 10.3. The van der Waals surface area contributed by atoms with Gasteiger partial charge in [-0.25, -0.2) is 0 Å². The van der Waals surface area contributed by atoms with Gasteiger partial charge in [-0.2, -0.15) is 0 Å². The molecule has 5 nitrogen and oxygen atoms in total. The lowest BCUT2D eigenvalue weighted by Gasteiger charge is -2.18. The number of aromatic nitrogens is 1. The number of rotatable bonds is 4. The Morgan fingerprint density at radius 2 is 2.18 bits per heavy atom. The minimum Gasteiger partial charge on any atom is -0.506 e. The Kier molecular flexibility index (Phi) is 3.93. The Hall–Kier alpha value is -1.17. The van der Waals surface area contributed by atoms with Crippen molar-refractivity contribution >= 4 is 0 Å². The molecule has 2 heterocycles. The van der Waals surface area contributed by atoms with E-state index < -0.39 is 0 Å². The Bertz CT molecular complexity index is 390. The monoisotopic (exact) mass is 237 g/mol. The zero-order chi connectivity index (χ0) is 12.3. The minimum atomic E-state index is -0.00726. The SMILES string of the molecule is CCOCc1cnc(C)c(O)c1C1NCCN1. The molecule has 1 aromatic heterocycles. The second-order valence-electron chi connectivity index (χ2n) is 4.11. The molecule has 1 aromatic rings. The summed E-state index contributed by atoms with van der Waals surface area (Å²) in [5.74, 6) is 0.258. The number of hydrogen-bond donors (Lipinski definition) is 3. The fraction of sp³-hybridized carbons (Fsp3) is 0.583. The molecule has 0 aliphatic carbocycles. The van der Waals surface area contributed by atoms with E-state index in [0.29, 0.717) is 18.9 Å². The van der Waals surface area contributed by atoms with Crippen LogP contribution in [-0.2, 0) is 11.3 Å². The van der Waals surface area contributed by atoms with Crippen molar-refractivity contribution in [1.29, 1.82) is 0 Å². The largest absolute Gasteiger partial charge is 0.506 e. The second kappa shape index (κ2) is 5.44. The highest BCUT2D eigenvalue weighted by atomic mass is 16.5. The van der Waals surface area contributed by atoms with Gasteiger partial charge in [0.05, 0.1) is 18.5 Å². The van der Waals surface area contributed by atoms with Crippen molar-refractivity contribution in [2.75, 3.05) is 19.7 Å². The third kappa shape index (κ3) is 2.57. The molecule has 0 spiro atoms. The fourth-order valence-corrected chi connectivity index (χ4v) is 2.01. The quantitative estimate of drug-likeness (QED) is 0.723. The average molecular weight is 237 g/mol. The normalized spacial score (nSPS) is 16.6. The van der Waals surface area contributed by atoms with E-state index >= 15 is 0 Å². The summed E-state index contributed by atoms with van der Waals surface area (Å²) in [5.41, 5.74) is 2.45. The summed E-state index contributed by atoms with van der Waals surface area (Å²) in [6.07, 6.45) is 1.77. The number of aryl methyl sites for hydroxylation is 1. The predicted octanol–water partition coefficient (Wildman–Crippen LogP) is 0.824. The molecule has 0 amide bonds. The van der Waals surface area contributed by atoms with E-state index in [1.165, 1.54) is 0 Å². The van der Waals surface area contributed by atoms with Gasteiger partial charge in [-0.3, -0.25) is 15.6 Å². The molecule has 0 aromatic carbocycles. The number of hydrogen-bond acceptors (Lipinski definition) is 5. The van der Waals surface area contributed by atoms with Crippen LogP contribution >= 0.6 is 0 Å². The molecule has 1 fully saturated rings. The summed E-state index contributed by atoms with van der Waals surface area (Å²) in [4.78, 5) is 4.18. The maximum absolute atomic E-state index is 10.1. The summed E-state index contributed by atoms with van der Waals surface area (Å²) in [6, 6.07) is 0. The van der Waals surface area contributed by atoms with Crippen molar-refractivity contribution in [1.82, 2.24) is 15.6 Å². The molecular weight excluding hydrogens is 218 g/mol. The molecule has 5 heteroatoms. The second-order valence-corrected chi connectivity index (χ2v) is 4.11. The topological polar surface area (TPSA) is 66.4 Å². The first-order chi connectivity index (χ1) is 8.24. The van der Waals surface area contributed by atoms with Crippen LogP contribution in [0.4, 0.5) is 0 Å². The van der Waals surface area contributed by atoms with E-state index in [1.54, 1.807) is 13.1 Å². The van der Waals surface area contributed by atoms with E-state index in [0.717, 1.165) is 24.2 Å². The molecule has 0 saturated carbocycles. The number of nitrogens with one attached hydrogen (secondary N) is 2. The van der Waals surface area contributed by atoms with Gasteiger partial charge < -0.3 is 9.84 Å². The van der Waals surface area contributed by atoms with Crippen molar-refractivity contribution in [2.45, 2.75) is 26.6 Å². The van der Waals surface area contributed by atoms with Crippen LogP contribution in [0.25, 0.3) is 0 Å². The van der Waals surface area contributed by atoms with Crippen LogP contribution in [0.2, 0.25) is 0 Å². The Labute approximate surface area is 101 Å². The van der Waals surface area contributed by atoms with E-state index in [9.17, 15) is 5.11 Å². The highest BCUT2D eigenvalue weighted by Crippen LogP contribution is 2.29. The lowest BCUT2D eigenvalue weighted by molar-refractivity contribution is 0.132. The van der Waals surface area contributed by atoms with Gasteiger partial charge in [0.15, 0.2) is 0 Å². The molecule has 0 radical (unpaired) electrons. The van der Waals surface area contributed by atoms with Gasteiger partial charge in [0.2, 0.25) is 0 Å². The van der Waals surface area contributed by atoms with E-state index in [2.05, 4.69) is 15.6 Å². The molecule has 1 aliphatic heterocycles. The van der Waals surface area contributed by atoms with Crippen molar-refractivity contribution in [2.24, 2.45) is 0 Å². The van der Waals surface area contributed by atoms with Crippen LogP contribution in [0, 0.1) is 6.92 Å². The smallest absolute Gasteiger partial charge is 0.143 e. The van der Waals surface area contributed by atoms with Gasteiger partial charge in [-0.15, -0.1) is 0 Å². The molecule has 0 bridgehead atoms. The highest BCUT2D eigenvalue weighted by molar-refractivity contribution is 5.43. The van der Waals surface area contributed by atoms with Crippen molar-refractivity contribution in [3.8, 4) is 5.75 Å². The predicted molar refractivity (Wildman–Crippen MR) is 64.7 cm³/mol. The first-order valence-electron chi connectivity index (χ1n) is 5.96. The Morgan fingerprint density at radius 1 is 1.47 bits per heavy atom. The summed E-state index contributed by atoms with van der Waals surface area (Å²) < 4.78 is 5.41. The molecule has 1 aliphatic rings. The van der Waals surface area contributed by atoms with Crippen LogP contribution in [0.1, 0.15) is 29.9 Å². The van der Waals surface area contributed by atoms with Gasteiger partial charge in [-0.1, -0.05) is 0 Å². The van der Waals surface area contributed by atoms with E-state index in [-0.39, 0.29) is 11.9 Å². The van der Waals surface area contributed by atoms with Crippen LogP contribution in [0.5, 0.6) is 5.75 Å². The maximum Gasteiger partial charge on any atom is 0.143 e. The Morgan fingerprint density at radius 3 is 2.82 bits per heavy atom. The lowest BCUT2D eigenvalue weighted by atomic mass is 10.1. The summed E-state index contributed by atoms with van der Waals surface area (Å²) in [7, 11) is 0. The number of aromatic hydroxyl groups is 1. The van der Waals surface area contributed by atoms with Crippen LogP contribution in [0.15, 0.2) is 6.20 Å². The van der Waals surface area contributed by atoms with Crippen molar-refractivity contribution < 1.29 is 9.84 Å². The zero-order valence-corrected chi connectivity index (χ0v) is 10.3. The summed E-state index contributed by atoms with van der Waals surface area (Å²) in [6.45, 7) is 6.69. The first kappa shape index (κ1) is 12.3. The molecule has 17 heavy (non-hydrogen) atoms. The first-order valence-corrected chi connectivity index (χ1v) is 5.96. The van der Waals surface area contributed by atoms with Gasteiger partial charge in [0, 0.05) is 37.0 Å². The number of nitrogens with zero attached hydrogens (tertiary/aromatic N) is 1. The maximum atomic E-state index is 10.1. The van der Waals surface area contributed by atoms with Crippen LogP contribution < -0.4 is 10.6 Å². The average Bonchev–Trinajstić information content (AvgIpc) is 2.84. The van der Waals surface area contributed by atoms with Gasteiger partial charge >= 0.3 is 0 Å². The molecular formula is C12H19N3O2. The third-order valence-electron chi connectivity index (χ3n) is 2.93. The van der Waals surface area contributed by atoms with Gasteiger partial charge in [-0.05, 0) is 13.8 Å². The van der Waals surface area contributed by atoms with Gasteiger partial charge in [0.1, 0.15) is 5.75 Å². The molecule has 3 N–H and O–H groups in total. The number of ether oxygens (including phenoxy) is 1. The van der Waals surface area contributed by atoms with Crippen LogP contribution in [-0.4, -0.2) is 29.8 Å². The van der Waals surface area contributed by atoms with E-state index in [4.69, 9.17) is 4.74 Å². The van der Waals surface area contributed by atoms with E-state index in [1.807, 2.05) is 6.92 Å². The van der Waals surface area contributed by atoms with Crippen molar-refractivity contribution in [3.63, 3.8) is 0 Å². The molecule has 0 unspecified atom stereocenters. The van der Waals surface area contributed by atoms with Crippen molar-refractivity contribution in [3.05, 3.63) is 23.0 Å².